The van der Waals surface area contributed by atoms with Gasteiger partial charge in [0.2, 0.25) is 5.75 Å². The van der Waals surface area contributed by atoms with E-state index in [0.717, 1.165) is 12.5 Å². The molecular formula is C24H31N3O6. The molecule has 0 atom stereocenters. The first-order valence-corrected chi connectivity index (χ1v) is 10.4. The van der Waals surface area contributed by atoms with Crippen molar-refractivity contribution in [3.8, 4) is 17.2 Å². The van der Waals surface area contributed by atoms with Crippen LogP contribution in [0.3, 0.4) is 0 Å². The zero-order valence-corrected chi connectivity index (χ0v) is 19.8. The number of hydrogen-bond acceptors (Lipinski definition) is 7. The monoisotopic (exact) mass is 457 g/mol. The predicted molar refractivity (Wildman–Crippen MR) is 126 cm³/mol. The lowest BCUT2D eigenvalue weighted by Gasteiger charge is -2.33. The summed E-state index contributed by atoms with van der Waals surface area (Å²) in [5.74, 6) is -0.591. The lowest BCUT2D eigenvalue weighted by Crippen LogP contribution is -2.25. The van der Waals surface area contributed by atoms with Crippen LogP contribution in [-0.4, -0.2) is 35.9 Å². The number of nitro groups is 1. The fraction of sp³-hybridized carbons (Fsp3) is 0.417. The standard InChI is InChI=1S/C24H31N3O6/c1-23(2,3)15-24(4,5)17-7-9-18(10-8-17)33-14-21(28)26-25-13-16-11-19(27(30)31)22(29)20(12-16)32-6/h7-13,29H,14-15H2,1-6H3,(H,26,28). The maximum atomic E-state index is 12.0. The minimum atomic E-state index is -0.739. The van der Waals surface area contributed by atoms with E-state index in [1.54, 1.807) is 0 Å². The number of amides is 1. The first kappa shape index (κ1) is 25.6. The van der Waals surface area contributed by atoms with Crippen molar-refractivity contribution in [3.63, 3.8) is 0 Å². The molecule has 9 heteroatoms. The summed E-state index contributed by atoms with van der Waals surface area (Å²) in [6.07, 6.45) is 2.23. The number of aromatic hydroxyl groups is 1. The average molecular weight is 458 g/mol. The number of methoxy groups -OCH3 is 1. The fourth-order valence-corrected chi connectivity index (χ4v) is 3.77. The highest BCUT2D eigenvalue weighted by Crippen LogP contribution is 2.37. The molecule has 0 bridgehead atoms. The molecule has 2 aromatic rings. The van der Waals surface area contributed by atoms with Crippen LogP contribution in [0.2, 0.25) is 0 Å². The zero-order valence-electron chi connectivity index (χ0n) is 19.8. The van der Waals surface area contributed by atoms with Crippen LogP contribution < -0.4 is 14.9 Å². The highest BCUT2D eigenvalue weighted by Gasteiger charge is 2.27. The molecule has 0 fully saturated rings. The van der Waals surface area contributed by atoms with Crippen molar-refractivity contribution in [1.29, 1.82) is 0 Å². The first-order chi connectivity index (χ1) is 15.3. The number of nitro benzene ring substituents is 1. The van der Waals surface area contributed by atoms with Crippen LogP contribution in [0.25, 0.3) is 0 Å². The Morgan fingerprint density at radius 1 is 1.18 bits per heavy atom. The molecule has 9 nitrogen and oxygen atoms in total. The molecule has 2 rings (SSSR count). The summed E-state index contributed by atoms with van der Waals surface area (Å²) in [6.45, 7) is 10.8. The van der Waals surface area contributed by atoms with Crippen LogP contribution in [0.5, 0.6) is 17.2 Å². The van der Waals surface area contributed by atoms with Crippen molar-refractivity contribution in [2.45, 2.75) is 46.5 Å². The Kier molecular flexibility index (Phi) is 8.03. The van der Waals surface area contributed by atoms with E-state index in [0.29, 0.717) is 5.75 Å². The Morgan fingerprint density at radius 3 is 2.36 bits per heavy atom. The number of nitrogens with one attached hydrogen (secondary N) is 1. The van der Waals surface area contributed by atoms with Gasteiger partial charge in [-0.2, -0.15) is 5.10 Å². The minimum Gasteiger partial charge on any atom is -0.500 e. The molecule has 0 aliphatic carbocycles. The number of rotatable bonds is 9. The molecule has 0 aliphatic heterocycles. The maximum absolute atomic E-state index is 12.0. The molecule has 0 saturated carbocycles. The first-order valence-electron chi connectivity index (χ1n) is 10.4. The van der Waals surface area contributed by atoms with Crippen molar-refractivity contribution < 1.29 is 24.3 Å². The number of benzene rings is 2. The van der Waals surface area contributed by atoms with Crippen LogP contribution >= 0.6 is 0 Å². The summed E-state index contributed by atoms with van der Waals surface area (Å²) in [5.41, 5.74) is 3.44. The number of phenolic OH excluding ortho intramolecular Hbond substituents is 1. The maximum Gasteiger partial charge on any atom is 0.315 e. The zero-order chi connectivity index (χ0) is 24.8. The molecule has 2 N–H and O–H groups in total. The van der Waals surface area contributed by atoms with E-state index < -0.39 is 22.3 Å². The summed E-state index contributed by atoms with van der Waals surface area (Å²) in [7, 11) is 1.27. The second-order valence-electron chi connectivity index (χ2n) is 9.58. The largest absolute Gasteiger partial charge is 0.500 e. The van der Waals surface area contributed by atoms with Crippen molar-refractivity contribution in [2.75, 3.05) is 13.7 Å². The van der Waals surface area contributed by atoms with Crippen LogP contribution in [-0.2, 0) is 10.2 Å². The summed E-state index contributed by atoms with van der Waals surface area (Å²) < 4.78 is 10.4. The number of ether oxygens (including phenoxy) is 2. The highest BCUT2D eigenvalue weighted by atomic mass is 16.6. The molecule has 0 saturated heterocycles. The SMILES string of the molecule is COc1cc(C=NNC(=O)COc2ccc(C(C)(C)CC(C)(C)C)cc2)cc([N+](=O)[O-])c1O. The number of carbonyl (C=O) groups is 1. The van der Waals surface area contributed by atoms with Crippen molar-refractivity contribution in [1.82, 2.24) is 5.43 Å². The number of nitrogens with zero attached hydrogens (tertiary/aromatic N) is 2. The highest BCUT2D eigenvalue weighted by molar-refractivity contribution is 5.85. The van der Waals surface area contributed by atoms with E-state index in [9.17, 15) is 20.0 Å². The molecule has 33 heavy (non-hydrogen) atoms. The van der Waals surface area contributed by atoms with E-state index in [4.69, 9.17) is 9.47 Å². The average Bonchev–Trinajstić information content (AvgIpc) is 2.71. The topological polar surface area (TPSA) is 123 Å². The van der Waals surface area contributed by atoms with Gasteiger partial charge in [-0.25, -0.2) is 5.43 Å². The Labute approximate surface area is 193 Å². The quantitative estimate of drug-likeness (QED) is 0.323. The third-order valence-corrected chi connectivity index (χ3v) is 4.87. The minimum absolute atomic E-state index is 0.00878. The van der Waals surface area contributed by atoms with Crippen LogP contribution in [0, 0.1) is 15.5 Å². The van der Waals surface area contributed by atoms with Gasteiger partial charge in [0.1, 0.15) is 5.75 Å². The van der Waals surface area contributed by atoms with Gasteiger partial charge in [-0.3, -0.25) is 14.9 Å². The van der Waals surface area contributed by atoms with Crippen LogP contribution in [0.15, 0.2) is 41.5 Å². The Balaban J connectivity index is 1.94. The van der Waals surface area contributed by atoms with Crippen LogP contribution in [0.1, 0.15) is 52.2 Å². The van der Waals surface area contributed by atoms with E-state index in [1.165, 1.54) is 25.0 Å². The molecule has 0 unspecified atom stereocenters. The summed E-state index contributed by atoms with van der Waals surface area (Å²) >= 11 is 0. The molecule has 178 valence electrons. The summed E-state index contributed by atoms with van der Waals surface area (Å²) in [4.78, 5) is 22.3. The van der Waals surface area contributed by atoms with Gasteiger partial charge in [-0.15, -0.1) is 0 Å². The molecule has 1 amide bonds. The lowest BCUT2D eigenvalue weighted by molar-refractivity contribution is -0.386. The molecule has 0 radical (unpaired) electrons. The van der Waals surface area contributed by atoms with Crippen molar-refractivity contribution in [2.24, 2.45) is 10.5 Å². The normalized spacial score (nSPS) is 11.9. The summed E-state index contributed by atoms with van der Waals surface area (Å²) in [6, 6.07) is 10.1. The second kappa shape index (κ2) is 10.3. The molecule has 0 spiro atoms. The number of hydrazone groups is 1. The van der Waals surface area contributed by atoms with Gasteiger partial charge in [0.25, 0.3) is 5.91 Å². The van der Waals surface area contributed by atoms with E-state index >= 15 is 0 Å². The fourth-order valence-electron chi connectivity index (χ4n) is 3.77. The number of phenols is 1. The number of carbonyl (C=O) groups excluding carboxylic acids is 1. The Bertz CT molecular complexity index is 1020. The van der Waals surface area contributed by atoms with Gasteiger partial charge in [-0.05, 0) is 41.0 Å². The van der Waals surface area contributed by atoms with Gasteiger partial charge >= 0.3 is 5.69 Å². The smallest absolute Gasteiger partial charge is 0.315 e. The van der Waals surface area contributed by atoms with Gasteiger partial charge in [-0.1, -0.05) is 46.8 Å². The third kappa shape index (κ3) is 7.48. The van der Waals surface area contributed by atoms with Gasteiger partial charge < -0.3 is 14.6 Å². The Morgan fingerprint density at radius 2 is 1.82 bits per heavy atom. The molecule has 0 aromatic heterocycles. The molecule has 2 aromatic carbocycles. The lowest BCUT2D eigenvalue weighted by atomic mass is 9.72. The third-order valence-electron chi connectivity index (χ3n) is 4.87. The van der Waals surface area contributed by atoms with E-state index in [1.807, 2.05) is 24.3 Å². The Hall–Kier alpha value is -3.62. The summed E-state index contributed by atoms with van der Waals surface area (Å²) in [5, 5.41) is 24.6. The predicted octanol–water partition coefficient (Wildman–Crippen LogP) is 4.55. The molecular weight excluding hydrogens is 426 g/mol. The van der Waals surface area contributed by atoms with Gasteiger partial charge in [0.05, 0.1) is 18.2 Å². The second-order valence-corrected chi connectivity index (χ2v) is 9.58. The number of hydrogen-bond donors (Lipinski definition) is 2. The van der Waals surface area contributed by atoms with Crippen LogP contribution in [0.4, 0.5) is 5.69 Å². The van der Waals surface area contributed by atoms with E-state index in [-0.39, 0.29) is 28.7 Å². The van der Waals surface area contributed by atoms with Crippen molar-refractivity contribution in [3.05, 3.63) is 57.6 Å². The molecule has 0 heterocycles. The van der Waals surface area contributed by atoms with E-state index in [2.05, 4.69) is 45.1 Å². The van der Waals surface area contributed by atoms with Gasteiger partial charge in [0.15, 0.2) is 12.4 Å². The van der Waals surface area contributed by atoms with Crippen molar-refractivity contribution >= 4 is 17.8 Å². The molecule has 0 aliphatic rings. The van der Waals surface area contributed by atoms with Gasteiger partial charge in [0, 0.05) is 11.6 Å².